The van der Waals surface area contributed by atoms with Crippen molar-refractivity contribution in [1.29, 1.82) is 0 Å². The molecule has 0 unspecified atom stereocenters. The number of fused-ring (bicyclic) bond motifs is 1. The largest absolute Gasteiger partial charge is 0.454 e. The standard InChI is InChI=1S/C22H29N3O2S/c1-2-6-23(5-1)14-19-11-20(28-16-19)15-25-9-7-24(8-10-25)13-18-3-4-21-22(12-18)27-17-26-21/h3-4,11-12,16H,1-2,5-10,13-15,17H2. The van der Waals surface area contributed by atoms with Gasteiger partial charge in [-0.1, -0.05) is 6.07 Å². The maximum absolute atomic E-state index is 5.50. The monoisotopic (exact) mass is 399 g/mol. The third-order valence-corrected chi connectivity index (χ3v) is 6.97. The number of ether oxygens (including phenoxy) is 2. The molecule has 1 aromatic carbocycles. The first kappa shape index (κ1) is 18.4. The van der Waals surface area contributed by atoms with Crippen LogP contribution in [0.15, 0.2) is 29.6 Å². The summed E-state index contributed by atoms with van der Waals surface area (Å²) in [5.74, 6) is 1.76. The van der Waals surface area contributed by atoms with E-state index in [1.807, 2.05) is 17.4 Å². The molecule has 3 aliphatic heterocycles. The van der Waals surface area contributed by atoms with E-state index < -0.39 is 0 Å². The molecule has 0 amide bonds. The van der Waals surface area contributed by atoms with Gasteiger partial charge in [-0.2, -0.15) is 0 Å². The van der Waals surface area contributed by atoms with E-state index in [9.17, 15) is 0 Å². The van der Waals surface area contributed by atoms with Crippen LogP contribution in [0.2, 0.25) is 0 Å². The minimum atomic E-state index is 0.347. The molecular weight excluding hydrogens is 370 g/mol. The van der Waals surface area contributed by atoms with Gasteiger partial charge in [0.1, 0.15) is 0 Å². The number of hydrogen-bond acceptors (Lipinski definition) is 6. The Morgan fingerprint density at radius 3 is 2.21 bits per heavy atom. The second kappa shape index (κ2) is 8.41. The third kappa shape index (κ3) is 4.35. The highest BCUT2D eigenvalue weighted by molar-refractivity contribution is 7.10. The van der Waals surface area contributed by atoms with E-state index in [4.69, 9.17) is 9.47 Å². The summed E-state index contributed by atoms with van der Waals surface area (Å²) in [7, 11) is 0. The van der Waals surface area contributed by atoms with Gasteiger partial charge in [-0.3, -0.25) is 14.7 Å². The third-order valence-electron chi connectivity index (χ3n) is 6.00. The normalized spacial score (nSPS) is 20.9. The Morgan fingerprint density at radius 2 is 1.39 bits per heavy atom. The van der Waals surface area contributed by atoms with E-state index in [2.05, 4.69) is 38.3 Å². The average molecular weight is 400 g/mol. The predicted octanol–water partition coefficient (Wildman–Crippen LogP) is 3.39. The lowest BCUT2D eigenvalue weighted by Crippen LogP contribution is -2.45. The fraction of sp³-hybridized carbons (Fsp3) is 0.545. The molecule has 2 fully saturated rings. The summed E-state index contributed by atoms with van der Waals surface area (Å²) >= 11 is 1.93. The van der Waals surface area contributed by atoms with Crippen LogP contribution < -0.4 is 9.47 Å². The highest BCUT2D eigenvalue weighted by Gasteiger charge is 2.20. The first-order chi connectivity index (χ1) is 13.8. The zero-order valence-corrected chi connectivity index (χ0v) is 17.3. The Morgan fingerprint density at radius 1 is 0.714 bits per heavy atom. The van der Waals surface area contributed by atoms with Gasteiger partial charge in [-0.15, -0.1) is 11.3 Å². The minimum Gasteiger partial charge on any atom is -0.454 e. The number of thiophene rings is 1. The van der Waals surface area contributed by atoms with Crippen LogP contribution in [0.3, 0.4) is 0 Å². The molecule has 28 heavy (non-hydrogen) atoms. The summed E-state index contributed by atoms with van der Waals surface area (Å²) in [6.07, 6.45) is 2.74. The fourth-order valence-corrected chi connectivity index (χ4v) is 5.34. The van der Waals surface area contributed by atoms with Crippen LogP contribution >= 0.6 is 11.3 Å². The molecule has 6 heteroatoms. The van der Waals surface area contributed by atoms with E-state index in [1.54, 1.807) is 0 Å². The van der Waals surface area contributed by atoms with E-state index in [-0.39, 0.29) is 0 Å². The Kier molecular flexibility index (Phi) is 5.54. The quantitative estimate of drug-likeness (QED) is 0.743. The lowest BCUT2D eigenvalue weighted by molar-refractivity contribution is 0.122. The first-order valence-corrected chi connectivity index (χ1v) is 11.3. The summed E-state index contributed by atoms with van der Waals surface area (Å²) in [5, 5.41) is 2.36. The van der Waals surface area contributed by atoms with Gasteiger partial charge in [0, 0.05) is 50.7 Å². The van der Waals surface area contributed by atoms with E-state index in [0.717, 1.165) is 57.3 Å². The van der Waals surface area contributed by atoms with Gasteiger partial charge < -0.3 is 9.47 Å². The highest BCUT2D eigenvalue weighted by atomic mass is 32.1. The SMILES string of the molecule is c1sc(CN2CCN(Cc3ccc4c(c3)OCO4)CC2)cc1CN1CCCC1. The fourth-order valence-electron chi connectivity index (χ4n) is 4.41. The van der Waals surface area contributed by atoms with Crippen LogP contribution in [0.1, 0.15) is 28.8 Å². The van der Waals surface area contributed by atoms with Gasteiger partial charge in [0.25, 0.3) is 0 Å². The van der Waals surface area contributed by atoms with Crippen molar-refractivity contribution in [3.05, 3.63) is 45.6 Å². The van der Waals surface area contributed by atoms with Crippen LogP contribution in [0, 0.1) is 0 Å². The molecule has 1 aromatic heterocycles. The van der Waals surface area contributed by atoms with Gasteiger partial charge in [0.15, 0.2) is 11.5 Å². The minimum absolute atomic E-state index is 0.347. The van der Waals surface area contributed by atoms with Crippen molar-refractivity contribution < 1.29 is 9.47 Å². The molecule has 0 radical (unpaired) electrons. The van der Waals surface area contributed by atoms with Crippen LogP contribution in [0.25, 0.3) is 0 Å². The molecule has 5 nitrogen and oxygen atoms in total. The molecule has 0 N–H and O–H groups in total. The predicted molar refractivity (Wildman–Crippen MR) is 112 cm³/mol. The summed E-state index contributed by atoms with van der Waals surface area (Å²) in [4.78, 5) is 9.24. The average Bonchev–Trinajstić information content (AvgIpc) is 3.46. The van der Waals surface area contributed by atoms with Crippen molar-refractivity contribution in [2.24, 2.45) is 0 Å². The molecule has 150 valence electrons. The van der Waals surface area contributed by atoms with Crippen LogP contribution in [-0.2, 0) is 19.6 Å². The number of benzene rings is 1. The second-order valence-electron chi connectivity index (χ2n) is 8.14. The number of nitrogens with zero attached hydrogens (tertiary/aromatic N) is 3. The van der Waals surface area contributed by atoms with E-state index in [0.29, 0.717) is 6.79 Å². The Hall–Kier alpha value is -1.60. The molecule has 0 atom stereocenters. The van der Waals surface area contributed by atoms with Crippen molar-refractivity contribution in [3.8, 4) is 11.5 Å². The van der Waals surface area contributed by atoms with Gasteiger partial charge in [0.05, 0.1) is 0 Å². The molecule has 3 aliphatic rings. The number of rotatable bonds is 6. The molecule has 0 spiro atoms. The van der Waals surface area contributed by atoms with Crippen molar-refractivity contribution in [1.82, 2.24) is 14.7 Å². The lowest BCUT2D eigenvalue weighted by Gasteiger charge is -2.34. The number of piperazine rings is 1. The van der Waals surface area contributed by atoms with Crippen molar-refractivity contribution in [3.63, 3.8) is 0 Å². The van der Waals surface area contributed by atoms with Gasteiger partial charge in [0.2, 0.25) is 6.79 Å². The Bertz CT molecular complexity index is 795. The van der Waals surface area contributed by atoms with Gasteiger partial charge >= 0.3 is 0 Å². The molecular formula is C22H29N3O2S. The summed E-state index contributed by atoms with van der Waals surface area (Å²) < 4.78 is 10.9. The summed E-state index contributed by atoms with van der Waals surface area (Å²) in [6.45, 7) is 10.7. The van der Waals surface area contributed by atoms with Crippen molar-refractivity contribution in [2.75, 3.05) is 46.1 Å². The maximum Gasteiger partial charge on any atom is 0.231 e. The topological polar surface area (TPSA) is 28.2 Å². The van der Waals surface area contributed by atoms with Gasteiger partial charge in [-0.05, 0) is 60.6 Å². The first-order valence-electron chi connectivity index (χ1n) is 10.4. The molecule has 0 bridgehead atoms. The molecule has 2 aromatic rings. The number of likely N-dealkylation sites (tertiary alicyclic amines) is 1. The highest BCUT2D eigenvalue weighted by Crippen LogP contribution is 2.33. The van der Waals surface area contributed by atoms with Crippen molar-refractivity contribution in [2.45, 2.75) is 32.5 Å². The Labute approximate surface area is 171 Å². The molecule has 0 saturated carbocycles. The lowest BCUT2D eigenvalue weighted by atomic mass is 10.1. The van der Waals surface area contributed by atoms with E-state index in [1.165, 1.54) is 41.9 Å². The zero-order valence-electron chi connectivity index (χ0n) is 16.4. The van der Waals surface area contributed by atoms with Crippen LogP contribution in [-0.4, -0.2) is 60.8 Å². The van der Waals surface area contributed by atoms with Crippen LogP contribution in [0.5, 0.6) is 11.5 Å². The Balaban J connectivity index is 1.09. The zero-order chi connectivity index (χ0) is 18.8. The van der Waals surface area contributed by atoms with Gasteiger partial charge in [-0.25, -0.2) is 0 Å². The summed E-state index contributed by atoms with van der Waals surface area (Å²) in [5.41, 5.74) is 2.81. The number of hydrogen-bond donors (Lipinski definition) is 0. The summed E-state index contributed by atoms with van der Waals surface area (Å²) in [6, 6.07) is 8.75. The molecule has 0 aliphatic carbocycles. The smallest absolute Gasteiger partial charge is 0.231 e. The molecule has 4 heterocycles. The van der Waals surface area contributed by atoms with E-state index >= 15 is 0 Å². The molecule has 2 saturated heterocycles. The molecule has 5 rings (SSSR count). The van der Waals surface area contributed by atoms with Crippen molar-refractivity contribution >= 4 is 11.3 Å². The van der Waals surface area contributed by atoms with Crippen LogP contribution in [0.4, 0.5) is 0 Å². The maximum atomic E-state index is 5.50. The second-order valence-corrected chi connectivity index (χ2v) is 9.14.